The summed E-state index contributed by atoms with van der Waals surface area (Å²) in [4.78, 5) is 16.9. The van der Waals surface area contributed by atoms with Gasteiger partial charge in [-0.25, -0.2) is 9.78 Å². The van der Waals surface area contributed by atoms with E-state index < -0.39 is 0 Å². The zero-order valence-corrected chi connectivity index (χ0v) is 15.7. The van der Waals surface area contributed by atoms with Gasteiger partial charge in [0.25, 0.3) is 0 Å². The number of carbonyl (C=O) groups is 1. The molecule has 0 aliphatic carbocycles. The summed E-state index contributed by atoms with van der Waals surface area (Å²) in [5.74, 6) is 0.687. The summed E-state index contributed by atoms with van der Waals surface area (Å²) in [5, 5.41) is 1.10. The predicted octanol–water partition coefficient (Wildman–Crippen LogP) is 4.40. The Morgan fingerprint density at radius 2 is 1.89 bits per heavy atom. The lowest BCUT2D eigenvalue weighted by molar-refractivity contribution is 0.0185. The Kier molecular flexibility index (Phi) is 5.83. The quantitative estimate of drug-likeness (QED) is 0.596. The van der Waals surface area contributed by atoms with Gasteiger partial charge in [-0.2, -0.15) is 0 Å². The zero-order valence-electron chi connectivity index (χ0n) is 15.7. The van der Waals surface area contributed by atoms with E-state index >= 15 is 0 Å². The summed E-state index contributed by atoms with van der Waals surface area (Å²) in [7, 11) is 0. The molecule has 1 aliphatic heterocycles. The first-order valence-electron chi connectivity index (χ1n) is 9.60. The molecular weight excluding hydrogens is 354 g/mol. The Balaban J connectivity index is 1.35. The molecule has 5 heteroatoms. The van der Waals surface area contributed by atoms with E-state index in [9.17, 15) is 4.79 Å². The minimum absolute atomic E-state index is 0.319. The number of benzene rings is 2. The van der Waals surface area contributed by atoms with Crippen molar-refractivity contribution in [3.63, 3.8) is 0 Å². The first-order chi connectivity index (χ1) is 13.8. The highest BCUT2D eigenvalue weighted by Gasteiger charge is 2.17. The van der Waals surface area contributed by atoms with Crippen molar-refractivity contribution < 1.29 is 19.0 Å². The molecule has 2 heterocycles. The van der Waals surface area contributed by atoms with Gasteiger partial charge in [-0.1, -0.05) is 30.3 Å². The van der Waals surface area contributed by atoms with E-state index in [2.05, 4.69) is 4.98 Å². The van der Waals surface area contributed by atoms with Crippen molar-refractivity contribution in [3.05, 3.63) is 71.9 Å². The molecule has 1 saturated heterocycles. The Hall–Kier alpha value is -2.92. The number of para-hydroxylation sites is 1. The number of nitrogens with zero attached hydrogens (tertiary/aromatic N) is 1. The van der Waals surface area contributed by atoms with Crippen LogP contribution in [-0.4, -0.2) is 30.8 Å². The molecule has 0 atom stereocenters. The molecule has 0 N–H and O–H groups in total. The highest BCUT2D eigenvalue weighted by molar-refractivity contribution is 5.89. The number of hydrogen-bond donors (Lipinski definition) is 0. The van der Waals surface area contributed by atoms with E-state index in [0.29, 0.717) is 30.4 Å². The van der Waals surface area contributed by atoms with Crippen LogP contribution in [0.4, 0.5) is 0 Å². The molecule has 1 aromatic heterocycles. The summed E-state index contributed by atoms with van der Waals surface area (Å²) >= 11 is 0. The van der Waals surface area contributed by atoms with Crippen LogP contribution in [-0.2, 0) is 16.1 Å². The van der Waals surface area contributed by atoms with Gasteiger partial charge in [-0.3, -0.25) is 0 Å². The summed E-state index contributed by atoms with van der Waals surface area (Å²) in [6.07, 6.45) is 1.88. The highest BCUT2D eigenvalue weighted by atomic mass is 16.5. The van der Waals surface area contributed by atoms with E-state index in [4.69, 9.17) is 14.2 Å². The van der Waals surface area contributed by atoms with Crippen LogP contribution in [0, 0.1) is 5.92 Å². The van der Waals surface area contributed by atoms with Crippen LogP contribution in [0.2, 0.25) is 0 Å². The summed E-state index contributed by atoms with van der Waals surface area (Å²) in [6.45, 7) is 2.27. The molecule has 5 nitrogen and oxygen atoms in total. The lowest BCUT2D eigenvalue weighted by Gasteiger charge is -2.21. The number of fused-ring (bicyclic) bond motifs is 1. The van der Waals surface area contributed by atoms with Crippen molar-refractivity contribution >= 4 is 16.9 Å². The zero-order chi connectivity index (χ0) is 19.2. The van der Waals surface area contributed by atoms with Gasteiger partial charge < -0.3 is 14.2 Å². The first-order valence-corrected chi connectivity index (χ1v) is 9.60. The van der Waals surface area contributed by atoms with Gasteiger partial charge in [-0.05, 0) is 49.1 Å². The molecule has 0 unspecified atom stereocenters. The average Bonchev–Trinajstić information content (AvgIpc) is 2.77. The van der Waals surface area contributed by atoms with Gasteiger partial charge in [0.2, 0.25) is 0 Å². The Bertz CT molecular complexity index is 950. The molecule has 28 heavy (non-hydrogen) atoms. The van der Waals surface area contributed by atoms with Gasteiger partial charge in [-0.15, -0.1) is 0 Å². The second-order valence-electron chi connectivity index (χ2n) is 6.97. The lowest BCUT2D eigenvalue weighted by Crippen LogP contribution is -2.21. The summed E-state index contributed by atoms with van der Waals surface area (Å²) in [6, 6.07) is 19.0. The van der Waals surface area contributed by atoms with E-state index in [1.165, 1.54) is 0 Å². The third-order valence-electron chi connectivity index (χ3n) is 4.90. The van der Waals surface area contributed by atoms with Crippen LogP contribution in [0.3, 0.4) is 0 Å². The third-order valence-corrected chi connectivity index (χ3v) is 4.90. The molecule has 2 aromatic carbocycles. The minimum Gasteiger partial charge on any atom is -0.487 e. The fourth-order valence-corrected chi connectivity index (χ4v) is 3.25. The van der Waals surface area contributed by atoms with Crippen molar-refractivity contribution in [2.75, 3.05) is 19.8 Å². The predicted molar refractivity (Wildman–Crippen MR) is 106 cm³/mol. The maximum Gasteiger partial charge on any atom is 0.338 e. The molecule has 1 aliphatic rings. The second-order valence-corrected chi connectivity index (χ2v) is 6.97. The molecule has 3 aromatic rings. The fourth-order valence-electron chi connectivity index (χ4n) is 3.25. The Morgan fingerprint density at radius 3 is 2.79 bits per heavy atom. The molecule has 0 saturated carbocycles. The monoisotopic (exact) mass is 377 g/mol. The van der Waals surface area contributed by atoms with Crippen LogP contribution in [0.5, 0.6) is 5.75 Å². The lowest BCUT2D eigenvalue weighted by atomic mass is 10.0. The molecule has 0 bridgehead atoms. The third kappa shape index (κ3) is 4.67. The van der Waals surface area contributed by atoms with Crippen molar-refractivity contribution in [2.24, 2.45) is 5.92 Å². The van der Waals surface area contributed by atoms with Crippen LogP contribution in [0.1, 0.15) is 28.9 Å². The van der Waals surface area contributed by atoms with Crippen LogP contribution < -0.4 is 4.74 Å². The highest BCUT2D eigenvalue weighted by Crippen LogP contribution is 2.19. The van der Waals surface area contributed by atoms with Crippen LogP contribution >= 0.6 is 0 Å². The molecular formula is C23H23NO4. The topological polar surface area (TPSA) is 57.7 Å². The van der Waals surface area contributed by atoms with Gasteiger partial charge in [0.1, 0.15) is 12.4 Å². The molecule has 144 valence electrons. The van der Waals surface area contributed by atoms with Crippen molar-refractivity contribution in [3.8, 4) is 5.75 Å². The SMILES string of the molecule is O=C(OCC1CCOCC1)c1cccc(OCc2ccc3ccccc3n2)c1. The first kappa shape index (κ1) is 18.4. The number of ether oxygens (including phenoxy) is 3. The largest absolute Gasteiger partial charge is 0.487 e. The average molecular weight is 377 g/mol. The van der Waals surface area contributed by atoms with Crippen molar-refractivity contribution in [1.82, 2.24) is 4.98 Å². The molecule has 4 rings (SSSR count). The van der Waals surface area contributed by atoms with Gasteiger partial charge in [0.15, 0.2) is 0 Å². The van der Waals surface area contributed by atoms with E-state index in [-0.39, 0.29) is 5.97 Å². The standard InChI is InChI=1S/C23H23NO4/c25-23(28-15-17-10-12-26-13-11-17)19-5-3-6-21(14-19)27-16-20-9-8-18-4-1-2-7-22(18)24-20/h1-9,14,17H,10-13,15-16H2. The van der Waals surface area contributed by atoms with Gasteiger partial charge in [0.05, 0.1) is 23.4 Å². The Morgan fingerprint density at radius 1 is 1.04 bits per heavy atom. The number of aromatic nitrogens is 1. The number of pyridine rings is 1. The van der Waals surface area contributed by atoms with Gasteiger partial charge >= 0.3 is 5.97 Å². The van der Waals surface area contributed by atoms with E-state index in [1.807, 2.05) is 42.5 Å². The Labute approximate surface area is 164 Å². The van der Waals surface area contributed by atoms with Crippen molar-refractivity contribution in [2.45, 2.75) is 19.4 Å². The number of carbonyl (C=O) groups excluding carboxylic acids is 1. The maximum atomic E-state index is 12.3. The summed E-state index contributed by atoms with van der Waals surface area (Å²) < 4.78 is 16.6. The maximum absolute atomic E-state index is 12.3. The normalized spacial score (nSPS) is 14.7. The number of rotatable bonds is 6. The van der Waals surface area contributed by atoms with Crippen molar-refractivity contribution in [1.29, 1.82) is 0 Å². The summed E-state index contributed by atoms with van der Waals surface area (Å²) in [5.41, 5.74) is 2.27. The molecule has 0 amide bonds. The molecule has 0 radical (unpaired) electrons. The number of hydrogen-bond acceptors (Lipinski definition) is 5. The second kappa shape index (κ2) is 8.85. The van der Waals surface area contributed by atoms with E-state index in [1.54, 1.807) is 18.2 Å². The van der Waals surface area contributed by atoms with E-state index in [0.717, 1.165) is 42.7 Å². The molecule has 1 fully saturated rings. The smallest absolute Gasteiger partial charge is 0.338 e. The van der Waals surface area contributed by atoms with Crippen LogP contribution in [0.25, 0.3) is 10.9 Å². The minimum atomic E-state index is -0.319. The molecule has 0 spiro atoms. The van der Waals surface area contributed by atoms with Crippen LogP contribution in [0.15, 0.2) is 60.7 Å². The number of esters is 1. The fraction of sp³-hybridized carbons (Fsp3) is 0.304. The van der Waals surface area contributed by atoms with Gasteiger partial charge in [0, 0.05) is 18.6 Å².